The van der Waals surface area contributed by atoms with E-state index in [-0.39, 0.29) is 6.03 Å². The van der Waals surface area contributed by atoms with E-state index in [1.54, 1.807) is 4.90 Å². The highest BCUT2D eigenvalue weighted by Crippen LogP contribution is 2.33. The maximum Gasteiger partial charge on any atom is 0.314 e. The Morgan fingerprint density at radius 1 is 1.30 bits per heavy atom. The van der Waals surface area contributed by atoms with Crippen LogP contribution in [-0.2, 0) is 0 Å². The molecule has 0 atom stereocenters. The van der Waals surface area contributed by atoms with Crippen molar-refractivity contribution < 1.29 is 4.79 Å². The molecule has 0 saturated carbocycles. The number of H-pyrrole nitrogens is 1. The van der Waals surface area contributed by atoms with Crippen LogP contribution < -0.4 is 5.73 Å². The third kappa shape index (κ3) is 2.15. The highest BCUT2D eigenvalue weighted by atomic mass is 16.2. The lowest BCUT2D eigenvalue weighted by molar-refractivity contribution is 0.190. The average molecular weight is 271 g/mol. The van der Waals surface area contributed by atoms with E-state index < -0.39 is 0 Å². The van der Waals surface area contributed by atoms with Crippen molar-refractivity contribution in [1.29, 1.82) is 0 Å². The van der Waals surface area contributed by atoms with E-state index in [2.05, 4.69) is 37.0 Å². The second kappa shape index (κ2) is 4.85. The van der Waals surface area contributed by atoms with Gasteiger partial charge in [0, 0.05) is 35.6 Å². The minimum absolute atomic E-state index is 0.299. The molecule has 1 aromatic carbocycles. The van der Waals surface area contributed by atoms with Crippen LogP contribution in [0.25, 0.3) is 10.9 Å². The number of fused-ring (bicyclic) bond motifs is 1. The highest BCUT2D eigenvalue weighted by Gasteiger charge is 2.25. The molecule has 4 heteroatoms. The van der Waals surface area contributed by atoms with Gasteiger partial charge in [0.15, 0.2) is 0 Å². The van der Waals surface area contributed by atoms with E-state index in [9.17, 15) is 4.79 Å². The van der Waals surface area contributed by atoms with Crippen molar-refractivity contribution in [3.05, 3.63) is 35.0 Å². The Hall–Kier alpha value is -1.97. The van der Waals surface area contributed by atoms with Crippen LogP contribution in [0.3, 0.4) is 0 Å². The van der Waals surface area contributed by atoms with Crippen LogP contribution in [0.5, 0.6) is 0 Å². The zero-order chi connectivity index (χ0) is 14.3. The average Bonchev–Trinajstić information content (AvgIpc) is 2.76. The number of nitrogens with zero attached hydrogens (tertiary/aromatic N) is 1. The molecule has 106 valence electrons. The van der Waals surface area contributed by atoms with Gasteiger partial charge in [-0.2, -0.15) is 0 Å². The number of hydrogen-bond acceptors (Lipinski definition) is 1. The molecule has 3 rings (SSSR count). The summed E-state index contributed by atoms with van der Waals surface area (Å²) in [5.41, 5.74) is 10.5. The molecule has 0 bridgehead atoms. The molecule has 1 aliphatic heterocycles. The molecule has 1 aliphatic rings. The maximum absolute atomic E-state index is 11.2. The van der Waals surface area contributed by atoms with Crippen LogP contribution in [0.15, 0.2) is 18.2 Å². The number of likely N-dealkylation sites (tertiary alicyclic amines) is 1. The minimum Gasteiger partial charge on any atom is -0.358 e. The van der Waals surface area contributed by atoms with Crippen molar-refractivity contribution in [3.63, 3.8) is 0 Å². The first-order chi connectivity index (χ1) is 9.56. The van der Waals surface area contributed by atoms with Crippen LogP contribution in [0.2, 0.25) is 0 Å². The Labute approximate surface area is 118 Å². The topological polar surface area (TPSA) is 62.1 Å². The number of piperidine rings is 1. The predicted octanol–water partition coefficient (Wildman–Crippen LogP) is 3.04. The number of aromatic nitrogens is 1. The zero-order valence-electron chi connectivity index (χ0n) is 12.1. The van der Waals surface area contributed by atoms with Gasteiger partial charge in [0.2, 0.25) is 0 Å². The second-order valence-electron chi connectivity index (χ2n) is 5.81. The van der Waals surface area contributed by atoms with Crippen LogP contribution >= 0.6 is 0 Å². The summed E-state index contributed by atoms with van der Waals surface area (Å²) in [7, 11) is 0. The van der Waals surface area contributed by atoms with Crippen LogP contribution in [-0.4, -0.2) is 29.0 Å². The van der Waals surface area contributed by atoms with Crippen molar-refractivity contribution in [1.82, 2.24) is 9.88 Å². The van der Waals surface area contributed by atoms with Crippen LogP contribution in [0.1, 0.15) is 35.6 Å². The molecule has 3 N–H and O–H groups in total. The third-order valence-electron chi connectivity index (χ3n) is 4.47. The van der Waals surface area contributed by atoms with Crippen molar-refractivity contribution in [3.8, 4) is 0 Å². The number of primary amides is 1. The number of carbonyl (C=O) groups excluding carboxylic acids is 1. The fraction of sp³-hybridized carbons (Fsp3) is 0.438. The number of benzene rings is 1. The molecule has 2 aromatic rings. The quantitative estimate of drug-likeness (QED) is 0.822. The maximum atomic E-state index is 11.2. The number of aryl methyl sites for hydroxylation is 2. The summed E-state index contributed by atoms with van der Waals surface area (Å²) in [6.07, 6.45) is 1.96. The van der Waals surface area contributed by atoms with Crippen molar-refractivity contribution >= 4 is 16.9 Å². The third-order valence-corrected chi connectivity index (χ3v) is 4.47. The van der Waals surface area contributed by atoms with Gasteiger partial charge in [-0.25, -0.2) is 4.79 Å². The number of rotatable bonds is 1. The number of nitrogens with two attached hydrogens (primary N) is 1. The minimum atomic E-state index is -0.299. The SMILES string of the molecule is Cc1ccc2[nH]c(C3CCN(C(N)=O)CC3)c(C)c2c1. The normalized spacial score (nSPS) is 16.8. The summed E-state index contributed by atoms with van der Waals surface area (Å²) >= 11 is 0. The van der Waals surface area contributed by atoms with Crippen molar-refractivity contribution in [2.45, 2.75) is 32.6 Å². The van der Waals surface area contributed by atoms with Gasteiger partial charge in [0.25, 0.3) is 0 Å². The monoisotopic (exact) mass is 271 g/mol. The molecule has 0 spiro atoms. The van der Waals surface area contributed by atoms with Gasteiger partial charge in [0.1, 0.15) is 0 Å². The standard InChI is InChI=1S/C16H21N3O/c1-10-3-4-14-13(9-10)11(2)15(18-14)12-5-7-19(8-6-12)16(17)20/h3-4,9,12,18H,5-8H2,1-2H3,(H2,17,20). The molecule has 1 aromatic heterocycles. The number of amides is 2. The van der Waals surface area contributed by atoms with Gasteiger partial charge in [0.05, 0.1) is 0 Å². The van der Waals surface area contributed by atoms with Gasteiger partial charge in [-0.15, -0.1) is 0 Å². The molecule has 0 aliphatic carbocycles. The Morgan fingerprint density at radius 2 is 2.00 bits per heavy atom. The first-order valence-electron chi connectivity index (χ1n) is 7.19. The molecule has 2 amide bonds. The largest absolute Gasteiger partial charge is 0.358 e. The lowest BCUT2D eigenvalue weighted by Crippen LogP contribution is -2.41. The number of hydrogen-bond donors (Lipinski definition) is 2. The first-order valence-corrected chi connectivity index (χ1v) is 7.19. The molecule has 4 nitrogen and oxygen atoms in total. The number of nitrogens with one attached hydrogen (secondary N) is 1. The van der Waals surface area contributed by atoms with Crippen LogP contribution in [0, 0.1) is 13.8 Å². The predicted molar refractivity (Wildman–Crippen MR) is 80.9 cm³/mol. The Kier molecular flexibility index (Phi) is 3.16. The van der Waals surface area contributed by atoms with E-state index in [1.165, 1.54) is 27.7 Å². The van der Waals surface area contributed by atoms with Gasteiger partial charge in [-0.1, -0.05) is 11.6 Å². The molecule has 0 unspecified atom stereocenters. The summed E-state index contributed by atoms with van der Waals surface area (Å²) in [6, 6.07) is 6.23. The lowest BCUT2D eigenvalue weighted by atomic mass is 9.91. The van der Waals surface area contributed by atoms with Gasteiger partial charge < -0.3 is 15.6 Å². The van der Waals surface area contributed by atoms with E-state index in [1.807, 2.05) is 0 Å². The van der Waals surface area contributed by atoms with E-state index in [0.717, 1.165) is 25.9 Å². The first kappa shape index (κ1) is 13.0. The van der Waals surface area contributed by atoms with E-state index in [4.69, 9.17) is 5.73 Å². The summed E-state index contributed by atoms with van der Waals surface area (Å²) < 4.78 is 0. The molecule has 0 radical (unpaired) electrons. The summed E-state index contributed by atoms with van der Waals surface area (Å²) in [6.45, 7) is 5.83. The zero-order valence-corrected chi connectivity index (χ0v) is 12.1. The smallest absolute Gasteiger partial charge is 0.314 e. The van der Waals surface area contributed by atoms with E-state index >= 15 is 0 Å². The molecule has 1 saturated heterocycles. The number of urea groups is 1. The van der Waals surface area contributed by atoms with E-state index in [0.29, 0.717) is 5.92 Å². The Balaban J connectivity index is 1.88. The molecule has 1 fully saturated rings. The van der Waals surface area contributed by atoms with Gasteiger partial charge >= 0.3 is 6.03 Å². The molecule has 20 heavy (non-hydrogen) atoms. The van der Waals surface area contributed by atoms with Crippen LogP contribution in [0.4, 0.5) is 4.79 Å². The Bertz CT molecular complexity index is 651. The summed E-state index contributed by atoms with van der Waals surface area (Å²) in [5, 5.41) is 1.32. The fourth-order valence-electron chi connectivity index (χ4n) is 3.26. The lowest BCUT2D eigenvalue weighted by Gasteiger charge is -2.30. The van der Waals surface area contributed by atoms with Gasteiger partial charge in [-0.05, 0) is 44.4 Å². The van der Waals surface area contributed by atoms with Crippen molar-refractivity contribution in [2.24, 2.45) is 5.73 Å². The Morgan fingerprint density at radius 3 is 2.65 bits per heavy atom. The fourth-order valence-corrected chi connectivity index (χ4v) is 3.26. The molecular formula is C16H21N3O. The second-order valence-corrected chi connectivity index (χ2v) is 5.81. The number of aromatic amines is 1. The summed E-state index contributed by atoms with van der Waals surface area (Å²) in [4.78, 5) is 16.5. The highest BCUT2D eigenvalue weighted by molar-refractivity contribution is 5.85. The summed E-state index contributed by atoms with van der Waals surface area (Å²) in [5.74, 6) is 0.498. The molecule has 2 heterocycles. The van der Waals surface area contributed by atoms with Gasteiger partial charge in [-0.3, -0.25) is 0 Å². The number of carbonyl (C=O) groups is 1. The van der Waals surface area contributed by atoms with Crippen molar-refractivity contribution in [2.75, 3.05) is 13.1 Å². The molecular weight excluding hydrogens is 250 g/mol.